The van der Waals surface area contributed by atoms with E-state index in [1.54, 1.807) is 30.3 Å². The van der Waals surface area contributed by atoms with Gasteiger partial charge in [-0.2, -0.15) is 0 Å². The van der Waals surface area contributed by atoms with Crippen molar-refractivity contribution in [3.63, 3.8) is 0 Å². The minimum atomic E-state index is -2.07. The van der Waals surface area contributed by atoms with Gasteiger partial charge in [-0.25, -0.2) is 0 Å². The van der Waals surface area contributed by atoms with Crippen molar-refractivity contribution in [1.82, 2.24) is 15.1 Å². The van der Waals surface area contributed by atoms with E-state index in [1.807, 2.05) is 12.1 Å². The summed E-state index contributed by atoms with van der Waals surface area (Å²) in [6.45, 7) is -3.31. The molecule has 1 N–H and O–H groups in total. The second-order valence-corrected chi connectivity index (χ2v) is 8.36. The molecule has 3 aliphatic rings. The van der Waals surface area contributed by atoms with Crippen molar-refractivity contribution >= 4 is 23.6 Å². The second kappa shape index (κ2) is 9.26. The van der Waals surface area contributed by atoms with Crippen molar-refractivity contribution in [2.75, 3.05) is 19.7 Å². The number of carbonyl (C=O) groups excluding carboxylic acids is 4. The van der Waals surface area contributed by atoms with Gasteiger partial charge in [0.25, 0.3) is 5.91 Å². The monoisotopic (exact) mass is 466 g/mol. The van der Waals surface area contributed by atoms with Crippen LogP contribution in [0.15, 0.2) is 42.5 Å². The summed E-state index contributed by atoms with van der Waals surface area (Å²) in [4.78, 5) is 51.7. The van der Waals surface area contributed by atoms with E-state index >= 15 is 0 Å². The van der Waals surface area contributed by atoms with Crippen LogP contribution in [0.1, 0.15) is 44.0 Å². The zero-order chi connectivity index (χ0) is 26.3. The molecule has 3 aliphatic heterocycles. The highest BCUT2D eigenvalue weighted by Gasteiger charge is 2.40. The molecule has 176 valence electrons. The normalized spacial score (nSPS) is 25.4. The van der Waals surface area contributed by atoms with Gasteiger partial charge in [0.1, 0.15) is 25.0 Å². The fourth-order valence-electron chi connectivity index (χ4n) is 4.31. The minimum Gasteiger partial charge on any atom is -0.489 e. The third-order valence-electron chi connectivity index (χ3n) is 6.14. The highest BCUT2D eigenvalue weighted by Crippen LogP contribution is 2.34. The Morgan fingerprint density at radius 3 is 2.68 bits per heavy atom. The highest BCUT2D eigenvalue weighted by atomic mass is 16.5. The molecule has 2 aromatic carbocycles. The number of imide groups is 1. The molecule has 0 spiro atoms. The molecular formula is C25H25N3O6. The fraction of sp³-hybridized carbons (Fsp3) is 0.360. The summed E-state index contributed by atoms with van der Waals surface area (Å²) >= 11 is 0. The van der Waals surface area contributed by atoms with E-state index in [2.05, 4.69) is 5.32 Å². The summed E-state index contributed by atoms with van der Waals surface area (Å²) in [5.41, 5.74) is 2.78. The molecule has 9 heteroatoms. The Hall–Kier alpha value is -3.72. The van der Waals surface area contributed by atoms with Crippen molar-refractivity contribution in [3.8, 4) is 5.75 Å². The van der Waals surface area contributed by atoms with E-state index in [0.29, 0.717) is 16.9 Å². The van der Waals surface area contributed by atoms with Crippen LogP contribution in [0, 0.1) is 0 Å². The van der Waals surface area contributed by atoms with Crippen LogP contribution >= 0.6 is 0 Å². The second-order valence-electron chi connectivity index (χ2n) is 8.36. The summed E-state index contributed by atoms with van der Waals surface area (Å²) in [7, 11) is 0. The topological polar surface area (TPSA) is 105 Å². The summed E-state index contributed by atoms with van der Waals surface area (Å²) in [6, 6.07) is 11.8. The molecule has 0 aromatic heterocycles. The maximum absolute atomic E-state index is 13.0. The Labute approximate surface area is 200 Å². The van der Waals surface area contributed by atoms with E-state index < -0.39 is 31.0 Å². The summed E-state index contributed by atoms with van der Waals surface area (Å²) in [5, 5.41) is 2.29. The minimum absolute atomic E-state index is 0.155. The lowest BCUT2D eigenvalue weighted by atomic mass is 10.0. The number of fused-ring (bicyclic) bond motifs is 1. The number of morpholine rings is 1. The van der Waals surface area contributed by atoms with E-state index in [9.17, 15) is 19.2 Å². The van der Waals surface area contributed by atoms with Crippen LogP contribution < -0.4 is 10.1 Å². The Balaban J connectivity index is 1.23. The van der Waals surface area contributed by atoms with Crippen LogP contribution in [-0.4, -0.2) is 59.2 Å². The molecule has 0 saturated carbocycles. The number of piperidine rings is 1. The van der Waals surface area contributed by atoms with Gasteiger partial charge in [0, 0.05) is 30.6 Å². The third-order valence-corrected chi connectivity index (χ3v) is 6.14. The quantitative estimate of drug-likeness (QED) is 0.645. The molecule has 9 nitrogen and oxygen atoms in total. The Morgan fingerprint density at radius 2 is 1.88 bits per heavy atom. The van der Waals surface area contributed by atoms with Crippen LogP contribution in [0.2, 0.25) is 0 Å². The largest absolute Gasteiger partial charge is 0.489 e. The van der Waals surface area contributed by atoms with Gasteiger partial charge in [-0.3, -0.25) is 24.5 Å². The Bertz CT molecular complexity index is 1270. The highest BCUT2D eigenvalue weighted by molar-refractivity contribution is 6.05. The molecule has 2 fully saturated rings. The number of benzene rings is 2. The number of amides is 4. The number of rotatable bonds is 6. The van der Waals surface area contributed by atoms with E-state index in [-0.39, 0.29) is 50.9 Å². The predicted molar refractivity (Wildman–Crippen MR) is 119 cm³/mol. The maximum atomic E-state index is 13.0. The van der Waals surface area contributed by atoms with Gasteiger partial charge in [0.2, 0.25) is 17.7 Å². The summed E-state index contributed by atoms with van der Waals surface area (Å²) in [6.07, 6.45) is 0.475. The third kappa shape index (κ3) is 4.38. The summed E-state index contributed by atoms with van der Waals surface area (Å²) in [5.74, 6) is -1.11. The fourth-order valence-corrected chi connectivity index (χ4v) is 4.31. The van der Waals surface area contributed by atoms with Crippen molar-refractivity contribution in [3.05, 3.63) is 64.7 Å². The van der Waals surface area contributed by atoms with Gasteiger partial charge in [0.15, 0.2) is 0 Å². The zero-order valence-electron chi connectivity index (χ0n) is 21.3. The first-order chi connectivity index (χ1) is 17.6. The van der Waals surface area contributed by atoms with Gasteiger partial charge >= 0.3 is 0 Å². The number of hydrogen-bond donors (Lipinski definition) is 1. The first-order valence-electron chi connectivity index (χ1n) is 12.5. The van der Waals surface area contributed by atoms with Crippen LogP contribution in [0.3, 0.4) is 0 Å². The molecule has 0 bridgehead atoms. The van der Waals surface area contributed by atoms with Gasteiger partial charge in [-0.1, -0.05) is 30.3 Å². The smallest absolute Gasteiger partial charge is 0.255 e. The van der Waals surface area contributed by atoms with E-state index in [1.165, 1.54) is 9.80 Å². The van der Waals surface area contributed by atoms with Crippen LogP contribution in [0.5, 0.6) is 5.75 Å². The number of carbonyl (C=O) groups is 4. The molecule has 4 amide bonds. The summed E-state index contributed by atoms with van der Waals surface area (Å²) < 4.78 is 33.9. The average Bonchev–Trinajstić information content (AvgIpc) is 3.18. The number of hydrogen-bond acceptors (Lipinski definition) is 6. The maximum Gasteiger partial charge on any atom is 0.255 e. The molecule has 0 radical (unpaired) electrons. The van der Waals surface area contributed by atoms with Crippen molar-refractivity contribution < 1.29 is 32.8 Å². The molecular weight excluding hydrogens is 438 g/mol. The van der Waals surface area contributed by atoms with Crippen LogP contribution in [0.25, 0.3) is 0 Å². The van der Waals surface area contributed by atoms with Crippen molar-refractivity contribution in [2.45, 2.75) is 38.6 Å². The standard InChI is InChI=1S/C25H25N3O6/c29-22-9-8-20(24(31)26-22)28-13-19-18(25(28)32)2-1-3-21(19)34-14-17-6-4-16(5-7-17)12-27-10-11-33-15-23(27)30/h1-7,20H,8-15H2,(H,26,29,31)/i11D2,15D. The number of nitrogens with zero attached hydrogens (tertiary/aromatic N) is 2. The molecule has 3 heterocycles. The van der Waals surface area contributed by atoms with Gasteiger partial charge in [-0.15, -0.1) is 0 Å². The average molecular weight is 467 g/mol. The van der Waals surface area contributed by atoms with Crippen molar-refractivity contribution in [1.29, 1.82) is 0 Å². The first-order valence-corrected chi connectivity index (χ1v) is 11.0. The zero-order valence-corrected chi connectivity index (χ0v) is 18.3. The van der Waals surface area contributed by atoms with Crippen LogP contribution in [0.4, 0.5) is 0 Å². The lowest BCUT2D eigenvalue weighted by Gasteiger charge is -2.29. The number of ether oxygens (including phenoxy) is 2. The molecule has 34 heavy (non-hydrogen) atoms. The molecule has 0 aliphatic carbocycles. The van der Waals surface area contributed by atoms with Crippen molar-refractivity contribution in [2.24, 2.45) is 0 Å². The first kappa shape index (κ1) is 18.7. The Morgan fingerprint density at radius 1 is 1.09 bits per heavy atom. The van der Waals surface area contributed by atoms with Gasteiger partial charge in [0.05, 0.1) is 17.2 Å². The number of nitrogens with one attached hydrogen (secondary N) is 1. The molecule has 5 rings (SSSR count). The molecule has 2 atom stereocenters. The molecule has 2 aromatic rings. The van der Waals surface area contributed by atoms with Gasteiger partial charge < -0.3 is 19.3 Å². The lowest BCUT2D eigenvalue weighted by Crippen LogP contribution is -2.52. The molecule has 2 saturated heterocycles. The SMILES string of the molecule is [2H]C1OC([2H])([2H])CN(Cc2ccc(COc3cccc4c3CN(C3CCC(=O)NC3=O)C4=O)cc2)C1=O. The van der Waals surface area contributed by atoms with E-state index in [4.69, 9.17) is 13.6 Å². The predicted octanol–water partition coefficient (Wildman–Crippen LogP) is 1.39. The van der Waals surface area contributed by atoms with Crippen LogP contribution in [-0.2, 0) is 38.8 Å². The molecule has 2 unspecified atom stereocenters. The van der Waals surface area contributed by atoms with Gasteiger partial charge in [-0.05, 0) is 29.7 Å². The van der Waals surface area contributed by atoms with E-state index in [0.717, 1.165) is 11.1 Å². The Kier molecular flexibility index (Phi) is 5.09. The lowest BCUT2D eigenvalue weighted by molar-refractivity contribution is -0.143.